The minimum Gasteiger partial charge on any atom is -0.426 e. The lowest BCUT2D eigenvalue weighted by atomic mass is 9.81. The summed E-state index contributed by atoms with van der Waals surface area (Å²) in [5.41, 5.74) is 0. The average Bonchev–Trinajstić information content (AvgIpc) is 2.13. The molecular formula is C9H20BClO3. The molecule has 0 aromatic carbocycles. The van der Waals surface area contributed by atoms with Gasteiger partial charge in [-0.1, -0.05) is 19.8 Å². The van der Waals surface area contributed by atoms with Crippen LogP contribution in [0.15, 0.2) is 0 Å². The Balaban J connectivity index is 3.76. The highest BCUT2D eigenvalue weighted by molar-refractivity contribution is 6.58. The Bertz CT molecular complexity index is 146. The first-order valence-corrected chi connectivity index (χ1v) is 5.58. The van der Waals surface area contributed by atoms with Gasteiger partial charge in [-0.25, -0.2) is 0 Å². The third kappa shape index (κ3) is 5.86. The fourth-order valence-corrected chi connectivity index (χ4v) is 1.17. The maximum atomic E-state index is 9.50. The van der Waals surface area contributed by atoms with Crippen molar-refractivity contribution in [1.29, 1.82) is 0 Å². The second-order valence-corrected chi connectivity index (χ2v) is 4.19. The van der Waals surface area contributed by atoms with Gasteiger partial charge in [-0.3, -0.25) is 0 Å². The lowest BCUT2D eigenvalue weighted by Crippen LogP contribution is -2.37. The van der Waals surface area contributed by atoms with E-state index in [1.807, 2.05) is 0 Å². The molecule has 0 saturated heterocycles. The minimum absolute atomic E-state index is 0.392. The minimum atomic E-state index is -0.993. The predicted octanol–water partition coefficient (Wildman–Crippen LogP) is 1.59. The van der Waals surface area contributed by atoms with E-state index in [1.54, 1.807) is 13.8 Å². The van der Waals surface area contributed by atoms with Gasteiger partial charge in [-0.05, 0) is 20.3 Å². The zero-order valence-corrected chi connectivity index (χ0v) is 9.87. The maximum Gasteiger partial charge on any atom is 0.473 e. The van der Waals surface area contributed by atoms with Crippen LogP contribution in [0.1, 0.15) is 40.0 Å². The number of hydrogen-bond donors (Lipinski definition) is 2. The molecule has 0 aliphatic rings. The highest BCUT2D eigenvalue weighted by Crippen LogP contribution is 2.12. The molecule has 0 aliphatic heterocycles. The van der Waals surface area contributed by atoms with Crippen molar-refractivity contribution in [2.45, 2.75) is 57.5 Å². The Morgan fingerprint density at radius 2 is 2.00 bits per heavy atom. The molecule has 0 saturated carbocycles. The molecule has 0 amide bonds. The van der Waals surface area contributed by atoms with Gasteiger partial charge in [0.05, 0.1) is 17.5 Å². The summed E-state index contributed by atoms with van der Waals surface area (Å²) in [5, 5.41) is 18.3. The summed E-state index contributed by atoms with van der Waals surface area (Å²) >= 11 is 5.90. The van der Waals surface area contributed by atoms with Crippen LogP contribution in [0, 0.1) is 0 Å². The predicted molar refractivity (Wildman–Crippen MR) is 59.4 cm³/mol. The summed E-state index contributed by atoms with van der Waals surface area (Å²) in [7, 11) is -0.993. The SMILES string of the molecule is CCCC[C@@H](Cl)B(O)O[C@H](C)[C@@H](C)O. The Labute approximate surface area is 91.6 Å². The molecule has 0 fully saturated rings. The van der Waals surface area contributed by atoms with Gasteiger partial charge in [0.25, 0.3) is 0 Å². The van der Waals surface area contributed by atoms with E-state index in [-0.39, 0.29) is 0 Å². The standard InChI is InChI=1S/C9H20BClO3/c1-4-5-6-9(11)10(13)14-8(3)7(2)12/h7-9,12-13H,4-6H2,1-3H3/t7-,8-,9-/m1/s1. The van der Waals surface area contributed by atoms with Crippen molar-refractivity contribution in [3.8, 4) is 0 Å². The van der Waals surface area contributed by atoms with Crippen molar-refractivity contribution in [3.05, 3.63) is 0 Å². The lowest BCUT2D eigenvalue weighted by Gasteiger charge is -2.20. The van der Waals surface area contributed by atoms with Gasteiger partial charge in [-0.15, -0.1) is 11.6 Å². The maximum absolute atomic E-state index is 9.50. The highest BCUT2D eigenvalue weighted by Gasteiger charge is 2.27. The molecule has 3 nitrogen and oxygen atoms in total. The molecule has 5 heteroatoms. The van der Waals surface area contributed by atoms with Gasteiger partial charge in [0.15, 0.2) is 0 Å². The Morgan fingerprint density at radius 3 is 2.43 bits per heavy atom. The number of aliphatic hydroxyl groups excluding tert-OH is 1. The molecule has 0 aromatic rings. The van der Waals surface area contributed by atoms with Gasteiger partial charge in [0.2, 0.25) is 0 Å². The molecule has 0 radical (unpaired) electrons. The molecule has 0 bridgehead atoms. The molecule has 0 spiro atoms. The number of rotatable bonds is 7. The van der Waals surface area contributed by atoms with E-state index in [9.17, 15) is 5.02 Å². The smallest absolute Gasteiger partial charge is 0.426 e. The van der Waals surface area contributed by atoms with Gasteiger partial charge < -0.3 is 14.8 Å². The number of hydrogen-bond acceptors (Lipinski definition) is 3. The third-order valence-electron chi connectivity index (χ3n) is 2.18. The van der Waals surface area contributed by atoms with Crippen molar-refractivity contribution in [2.24, 2.45) is 0 Å². The number of alkyl halides is 1. The quantitative estimate of drug-likeness (QED) is 0.508. The van der Waals surface area contributed by atoms with Crippen molar-refractivity contribution >= 4 is 18.7 Å². The van der Waals surface area contributed by atoms with E-state index in [1.165, 1.54) is 0 Å². The number of halogens is 1. The molecule has 2 N–H and O–H groups in total. The van der Waals surface area contributed by atoms with Crippen LogP contribution in [0.25, 0.3) is 0 Å². The van der Waals surface area contributed by atoms with Gasteiger partial charge in [0, 0.05) is 0 Å². The molecule has 84 valence electrons. The molecule has 3 atom stereocenters. The first kappa shape index (κ1) is 14.2. The summed E-state index contributed by atoms with van der Waals surface area (Å²) in [6.45, 7) is 5.39. The Kier molecular flexibility index (Phi) is 7.64. The largest absolute Gasteiger partial charge is 0.473 e. The zero-order chi connectivity index (χ0) is 11.1. The molecule has 14 heavy (non-hydrogen) atoms. The zero-order valence-electron chi connectivity index (χ0n) is 9.11. The van der Waals surface area contributed by atoms with Crippen molar-refractivity contribution in [2.75, 3.05) is 0 Å². The van der Waals surface area contributed by atoms with Crippen molar-refractivity contribution in [1.82, 2.24) is 0 Å². The molecule has 0 aliphatic carbocycles. The van der Waals surface area contributed by atoms with Gasteiger partial charge in [0.1, 0.15) is 0 Å². The van der Waals surface area contributed by atoms with Crippen LogP contribution in [-0.4, -0.2) is 34.7 Å². The fraction of sp³-hybridized carbons (Fsp3) is 1.00. The van der Waals surface area contributed by atoms with Crippen molar-refractivity contribution in [3.63, 3.8) is 0 Å². The normalized spacial score (nSPS) is 17.6. The van der Waals surface area contributed by atoms with Gasteiger partial charge >= 0.3 is 7.12 Å². The van der Waals surface area contributed by atoms with E-state index >= 15 is 0 Å². The lowest BCUT2D eigenvalue weighted by molar-refractivity contribution is 0.0458. The van der Waals surface area contributed by atoms with Crippen LogP contribution in [0.5, 0.6) is 0 Å². The van der Waals surface area contributed by atoms with Crippen LogP contribution >= 0.6 is 11.6 Å². The molecule has 0 aromatic heterocycles. The first-order valence-electron chi connectivity index (χ1n) is 5.14. The second-order valence-electron chi connectivity index (χ2n) is 3.63. The first-order chi connectivity index (χ1) is 6.49. The highest BCUT2D eigenvalue weighted by atomic mass is 35.5. The topological polar surface area (TPSA) is 49.7 Å². The molecule has 0 unspecified atom stereocenters. The number of unbranched alkanes of at least 4 members (excludes halogenated alkanes) is 1. The Morgan fingerprint density at radius 1 is 1.43 bits per heavy atom. The fourth-order valence-electron chi connectivity index (χ4n) is 0.961. The van der Waals surface area contributed by atoms with Crippen LogP contribution in [-0.2, 0) is 4.65 Å². The number of aliphatic hydroxyl groups is 1. The van der Waals surface area contributed by atoms with Crippen LogP contribution in [0.4, 0.5) is 0 Å². The van der Waals surface area contributed by atoms with E-state index in [2.05, 4.69) is 6.92 Å². The van der Waals surface area contributed by atoms with E-state index in [4.69, 9.17) is 21.4 Å². The molecular weight excluding hydrogens is 202 g/mol. The molecule has 0 heterocycles. The van der Waals surface area contributed by atoms with E-state index < -0.39 is 24.6 Å². The van der Waals surface area contributed by atoms with E-state index in [0.717, 1.165) is 19.3 Å². The molecule has 0 rings (SSSR count). The average molecular weight is 223 g/mol. The monoisotopic (exact) mass is 222 g/mol. The van der Waals surface area contributed by atoms with Gasteiger partial charge in [-0.2, -0.15) is 0 Å². The van der Waals surface area contributed by atoms with Crippen LogP contribution < -0.4 is 0 Å². The summed E-state index contributed by atoms with van der Waals surface area (Å²) in [6.07, 6.45) is 1.75. The third-order valence-corrected chi connectivity index (χ3v) is 2.61. The second kappa shape index (κ2) is 7.52. The summed E-state index contributed by atoms with van der Waals surface area (Å²) in [6, 6.07) is 0. The van der Waals surface area contributed by atoms with Crippen LogP contribution in [0.3, 0.4) is 0 Å². The summed E-state index contributed by atoms with van der Waals surface area (Å²) in [5.74, 6) is 0. The summed E-state index contributed by atoms with van der Waals surface area (Å²) < 4.78 is 5.14. The Hall–Kier alpha value is 0.235. The van der Waals surface area contributed by atoms with Crippen molar-refractivity contribution < 1.29 is 14.8 Å². The van der Waals surface area contributed by atoms with Crippen LogP contribution in [0.2, 0.25) is 0 Å². The van der Waals surface area contributed by atoms with E-state index in [0.29, 0.717) is 0 Å². The summed E-state index contributed by atoms with van der Waals surface area (Å²) in [4.78, 5) is 0.